The highest BCUT2D eigenvalue weighted by Gasteiger charge is 2.22. The molecule has 4 heteroatoms. The van der Waals surface area contributed by atoms with Crippen molar-refractivity contribution in [1.29, 1.82) is 0 Å². The number of halogens is 1. The molecular weight excluding hydrogens is 180 g/mol. The molecule has 1 rings (SSSR count). The van der Waals surface area contributed by atoms with Crippen molar-refractivity contribution in [3.8, 4) is 0 Å². The molecule has 0 unspecified atom stereocenters. The molecular formula is C8H13ClO3. The Hall–Kier alpha value is -0.280. The molecule has 0 amide bonds. The summed E-state index contributed by atoms with van der Waals surface area (Å²) in [6.07, 6.45) is 3.95. The number of rotatable bonds is 2. The largest absolute Gasteiger partial charge is 0.450 e. The van der Waals surface area contributed by atoms with E-state index < -0.39 is 5.43 Å². The molecule has 1 saturated carbocycles. The van der Waals surface area contributed by atoms with E-state index in [-0.39, 0.29) is 6.10 Å². The quantitative estimate of drug-likeness (QED) is 0.630. The van der Waals surface area contributed by atoms with Gasteiger partial charge in [0.2, 0.25) is 0 Å². The van der Waals surface area contributed by atoms with Crippen LogP contribution in [0.4, 0.5) is 4.79 Å². The minimum Gasteiger partial charge on any atom is -0.450 e. The number of methoxy groups -OCH3 is 1. The lowest BCUT2D eigenvalue weighted by Crippen LogP contribution is -2.26. The zero-order valence-corrected chi connectivity index (χ0v) is 7.84. The molecule has 1 aliphatic rings. The van der Waals surface area contributed by atoms with Crippen molar-refractivity contribution in [2.75, 3.05) is 7.11 Å². The van der Waals surface area contributed by atoms with E-state index in [2.05, 4.69) is 0 Å². The second kappa shape index (κ2) is 4.67. The van der Waals surface area contributed by atoms with Crippen molar-refractivity contribution < 1.29 is 14.3 Å². The summed E-state index contributed by atoms with van der Waals surface area (Å²) in [7, 11) is 1.71. The Morgan fingerprint density at radius 1 is 1.25 bits per heavy atom. The maximum absolute atomic E-state index is 10.4. The summed E-state index contributed by atoms with van der Waals surface area (Å²) in [5.74, 6) is 0. The van der Waals surface area contributed by atoms with Gasteiger partial charge in [-0.25, -0.2) is 4.79 Å². The van der Waals surface area contributed by atoms with Crippen LogP contribution in [0.5, 0.6) is 0 Å². The lowest BCUT2D eigenvalue weighted by atomic mass is 9.95. The van der Waals surface area contributed by atoms with Gasteiger partial charge in [-0.15, -0.1) is 0 Å². The molecule has 0 spiro atoms. The Labute approximate surface area is 77.0 Å². The minimum absolute atomic E-state index is 0.00130. The van der Waals surface area contributed by atoms with Crippen molar-refractivity contribution >= 4 is 17.0 Å². The maximum Gasteiger partial charge on any atom is 0.404 e. The van der Waals surface area contributed by atoms with E-state index in [9.17, 15) is 4.79 Å². The molecule has 12 heavy (non-hydrogen) atoms. The predicted molar refractivity (Wildman–Crippen MR) is 45.4 cm³/mol. The van der Waals surface area contributed by atoms with Crippen LogP contribution in [-0.2, 0) is 9.47 Å². The first-order chi connectivity index (χ1) is 5.72. The number of hydrogen-bond donors (Lipinski definition) is 0. The normalized spacial score (nSPS) is 29.8. The first-order valence-electron chi connectivity index (χ1n) is 4.11. The smallest absolute Gasteiger partial charge is 0.404 e. The van der Waals surface area contributed by atoms with Gasteiger partial charge >= 0.3 is 5.43 Å². The van der Waals surface area contributed by atoms with Gasteiger partial charge in [-0.2, -0.15) is 0 Å². The van der Waals surface area contributed by atoms with Crippen LogP contribution in [0.25, 0.3) is 0 Å². The third-order valence-corrected chi connectivity index (χ3v) is 2.30. The van der Waals surface area contributed by atoms with Gasteiger partial charge in [0.25, 0.3) is 0 Å². The van der Waals surface area contributed by atoms with Crippen molar-refractivity contribution in [3.05, 3.63) is 0 Å². The Bertz CT molecular complexity index is 152. The summed E-state index contributed by atoms with van der Waals surface area (Å²) in [4.78, 5) is 10.4. The van der Waals surface area contributed by atoms with Crippen LogP contribution in [0, 0.1) is 0 Å². The summed E-state index contributed by atoms with van der Waals surface area (Å²) in [5, 5.41) is 0. The van der Waals surface area contributed by atoms with E-state index in [0.717, 1.165) is 25.7 Å². The second-order valence-corrected chi connectivity index (χ2v) is 3.30. The highest BCUT2D eigenvalue weighted by Crippen LogP contribution is 2.23. The Morgan fingerprint density at radius 3 is 2.17 bits per heavy atom. The first kappa shape index (κ1) is 9.81. The molecule has 0 heterocycles. The third-order valence-electron chi connectivity index (χ3n) is 2.21. The zero-order valence-electron chi connectivity index (χ0n) is 7.09. The van der Waals surface area contributed by atoms with E-state index in [4.69, 9.17) is 21.1 Å². The third kappa shape index (κ3) is 2.99. The summed E-state index contributed by atoms with van der Waals surface area (Å²) in [6, 6.07) is 0. The SMILES string of the molecule is COC1CCC(OC(=O)Cl)CC1. The summed E-state index contributed by atoms with van der Waals surface area (Å²) in [6.45, 7) is 0. The fraction of sp³-hybridized carbons (Fsp3) is 0.875. The van der Waals surface area contributed by atoms with Gasteiger partial charge in [0.1, 0.15) is 6.10 Å². The summed E-state index contributed by atoms with van der Waals surface area (Å²) >= 11 is 5.09. The van der Waals surface area contributed by atoms with E-state index >= 15 is 0 Å². The van der Waals surface area contributed by atoms with Gasteiger partial charge in [0.15, 0.2) is 0 Å². The van der Waals surface area contributed by atoms with Crippen LogP contribution in [0.15, 0.2) is 0 Å². The fourth-order valence-corrected chi connectivity index (χ4v) is 1.64. The molecule has 0 saturated heterocycles. The highest BCUT2D eigenvalue weighted by molar-refractivity contribution is 6.61. The van der Waals surface area contributed by atoms with Gasteiger partial charge in [-0.05, 0) is 25.7 Å². The molecule has 0 aliphatic heterocycles. The van der Waals surface area contributed by atoms with Crippen LogP contribution in [0.1, 0.15) is 25.7 Å². The topological polar surface area (TPSA) is 35.5 Å². The molecule has 70 valence electrons. The number of carbonyl (C=O) groups is 1. The lowest BCUT2D eigenvalue weighted by Gasteiger charge is -2.26. The predicted octanol–water partition coefficient (Wildman–Crippen LogP) is 2.32. The van der Waals surface area contributed by atoms with E-state index in [1.165, 1.54) is 0 Å². The monoisotopic (exact) mass is 192 g/mol. The molecule has 0 aromatic rings. The van der Waals surface area contributed by atoms with Crippen molar-refractivity contribution in [3.63, 3.8) is 0 Å². The molecule has 1 aliphatic carbocycles. The van der Waals surface area contributed by atoms with Crippen LogP contribution >= 0.6 is 11.6 Å². The molecule has 0 atom stereocenters. The Balaban J connectivity index is 2.21. The van der Waals surface area contributed by atoms with Crippen molar-refractivity contribution in [2.45, 2.75) is 37.9 Å². The molecule has 0 bridgehead atoms. The summed E-state index contributed by atoms with van der Waals surface area (Å²) in [5.41, 5.74) is -0.698. The number of hydrogen-bond acceptors (Lipinski definition) is 3. The van der Waals surface area contributed by atoms with Crippen LogP contribution < -0.4 is 0 Å². The van der Waals surface area contributed by atoms with E-state index in [1.54, 1.807) is 7.11 Å². The fourth-order valence-electron chi connectivity index (χ4n) is 1.52. The molecule has 0 aromatic heterocycles. The molecule has 0 N–H and O–H groups in total. The van der Waals surface area contributed by atoms with Crippen molar-refractivity contribution in [1.82, 2.24) is 0 Å². The van der Waals surface area contributed by atoms with E-state index in [1.807, 2.05) is 0 Å². The maximum atomic E-state index is 10.4. The van der Waals surface area contributed by atoms with Gasteiger partial charge in [0.05, 0.1) is 6.10 Å². The Kier molecular flexibility index (Phi) is 3.82. The minimum atomic E-state index is -0.698. The van der Waals surface area contributed by atoms with E-state index in [0.29, 0.717) is 6.10 Å². The Morgan fingerprint density at radius 2 is 1.75 bits per heavy atom. The highest BCUT2D eigenvalue weighted by atomic mass is 35.5. The van der Waals surface area contributed by atoms with Gasteiger partial charge in [0, 0.05) is 18.7 Å². The van der Waals surface area contributed by atoms with Crippen molar-refractivity contribution in [2.24, 2.45) is 0 Å². The average molecular weight is 193 g/mol. The van der Waals surface area contributed by atoms with Crippen LogP contribution in [0.3, 0.4) is 0 Å². The first-order valence-corrected chi connectivity index (χ1v) is 4.49. The zero-order chi connectivity index (χ0) is 8.97. The number of ether oxygens (including phenoxy) is 2. The molecule has 0 aromatic carbocycles. The second-order valence-electron chi connectivity index (χ2n) is 2.99. The van der Waals surface area contributed by atoms with Gasteiger partial charge in [-0.1, -0.05) is 0 Å². The van der Waals surface area contributed by atoms with Crippen LogP contribution in [-0.4, -0.2) is 24.7 Å². The molecule has 3 nitrogen and oxygen atoms in total. The lowest BCUT2D eigenvalue weighted by molar-refractivity contribution is 0.0201. The molecule has 0 radical (unpaired) electrons. The average Bonchev–Trinajstić information content (AvgIpc) is 2.05. The standard InChI is InChI=1S/C8H13ClO3/c1-11-6-2-4-7(5-3-6)12-8(9)10/h6-7H,2-5H2,1H3. The van der Waals surface area contributed by atoms with Gasteiger partial charge in [-0.3, -0.25) is 0 Å². The number of carbonyl (C=O) groups excluding carboxylic acids is 1. The molecule has 1 fully saturated rings. The van der Waals surface area contributed by atoms with Gasteiger partial charge < -0.3 is 9.47 Å². The van der Waals surface area contributed by atoms with Crippen LogP contribution in [0.2, 0.25) is 0 Å². The summed E-state index contributed by atoms with van der Waals surface area (Å²) < 4.78 is 10.0.